The predicted molar refractivity (Wildman–Crippen MR) is 107 cm³/mol. The molecule has 2 heteroatoms. The van der Waals surface area contributed by atoms with Crippen molar-refractivity contribution in [3.05, 3.63) is 65.2 Å². The van der Waals surface area contributed by atoms with E-state index in [0.717, 1.165) is 25.9 Å². The molecule has 1 N–H and O–H groups in total. The molecule has 0 saturated carbocycles. The monoisotopic (exact) mass is 339 g/mol. The van der Waals surface area contributed by atoms with Crippen LogP contribution < -0.4 is 0 Å². The van der Waals surface area contributed by atoms with Crippen LogP contribution in [0.1, 0.15) is 50.8 Å². The van der Waals surface area contributed by atoms with E-state index in [-0.39, 0.29) is 5.41 Å². The lowest BCUT2D eigenvalue weighted by atomic mass is 9.70. The third-order valence-corrected chi connectivity index (χ3v) is 5.78. The van der Waals surface area contributed by atoms with Gasteiger partial charge in [0.1, 0.15) is 5.75 Å². The zero-order chi connectivity index (χ0) is 18.4. The lowest BCUT2D eigenvalue weighted by Crippen LogP contribution is -2.31. The van der Waals surface area contributed by atoms with Crippen molar-refractivity contribution in [2.75, 3.05) is 13.6 Å². The van der Waals surface area contributed by atoms with Crippen molar-refractivity contribution >= 4 is 0 Å². The van der Waals surface area contributed by atoms with E-state index in [1.165, 1.54) is 16.7 Å². The van der Waals surface area contributed by atoms with Crippen molar-refractivity contribution in [3.63, 3.8) is 0 Å². The molecule has 25 heavy (non-hydrogen) atoms. The first-order valence-electron chi connectivity index (χ1n) is 9.41. The van der Waals surface area contributed by atoms with Gasteiger partial charge in [0.15, 0.2) is 0 Å². The Bertz CT molecular complexity index is 665. The van der Waals surface area contributed by atoms with Crippen LogP contribution in [0.2, 0.25) is 0 Å². The Morgan fingerprint density at radius 1 is 1.08 bits per heavy atom. The minimum atomic E-state index is 0.0777. The van der Waals surface area contributed by atoms with E-state index in [1.54, 1.807) is 0 Å². The van der Waals surface area contributed by atoms with Crippen LogP contribution in [-0.2, 0) is 18.4 Å². The third-order valence-electron chi connectivity index (χ3n) is 5.78. The molecule has 0 aliphatic rings. The number of nitrogens with zero attached hydrogens (tertiary/aromatic N) is 1. The first kappa shape index (κ1) is 19.5. The number of rotatable bonds is 8. The quantitative estimate of drug-likeness (QED) is 0.697. The van der Waals surface area contributed by atoms with Gasteiger partial charge in [0.05, 0.1) is 0 Å². The van der Waals surface area contributed by atoms with Gasteiger partial charge in [-0.15, -0.1) is 0 Å². The molecule has 1 atom stereocenters. The van der Waals surface area contributed by atoms with Crippen molar-refractivity contribution in [2.24, 2.45) is 5.92 Å². The molecule has 0 fully saturated rings. The number of benzene rings is 2. The van der Waals surface area contributed by atoms with Gasteiger partial charge in [0.2, 0.25) is 0 Å². The number of hydrogen-bond acceptors (Lipinski definition) is 2. The van der Waals surface area contributed by atoms with Gasteiger partial charge in [-0.2, -0.15) is 0 Å². The molecule has 0 spiro atoms. The molecule has 0 heterocycles. The topological polar surface area (TPSA) is 23.5 Å². The van der Waals surface area contributed by atoms with E-state index in [2.05, 4.69) is 76.0 Å². The standard InChI is InChI=1S/C23H33NO/c1-6-23(4,18(2)3)22-16-21(25)13-12-20(22)17-24(5)15-14-19-10-8-7-9-11-19/h7-13,16,18,25H,6,14-15,17H2,1-5H3. The van der Waals surface area contributed by atoms with Crippen LogP contribution in [0.4, 0.5) is 0 Å². The summed E-state index contributed by atoms with van der Waals surface area (Å²) in [5, 5.41) is 10.1. The maximum absolute atomic E-state index is 10.1. The van der Waals surface area contributed by atoms with Crippen molar-refractivity contribution < 1.29 is 5.11 Å². The lowest BCUT2D eigenvalue weighted by molar-refractivity contribution is 0.302. The highest BCUT2D eigenvalue weighted by atomic mass is 16.3. The molecule has 2 rings (SSSR count). The third kappa shape index (κ3) is 4.85. The van der Waals surface area contributed by atoms with Crippen molar-refractivity contribution in [1.29, 1.82) is 0 Å². The molecule has 0 saturated heterocycles. The highest BCUT2D eigenvalue weighted by Gasteiger charge is 2.31. The first-order chi connectivity index (χ1) is 11.9. The van der Waals surface area contributed by atoms with Crippen LogP contribution >= 0.6 is 0 Å². The average Bonchev–Trinajstić information content (AvgIpc) is 2.61. The van der Waals surface area contributed by atoms with Crippen molar-refractivity contribution in [2.45, 2.75) is 52.5 Å². The maximum Gasteiger partial charge on any atom is 0.115 e. The normalized spacial score (nSPS) is 14.0. The van der Waals surface area contributed by atoms with E-state index >= 15 is 0 Å². The Hall–Kier alpha value is -1.80. The summed E-state index contributed by atoms with van der Waals surface area (Å²) in [5.74, 6) is 0.888. The van der Waals surface area contributed by atoms with Gasteiger partial charge in [-0.3, -0.25) is 0 Å². The summed E-state index contributed by atoms with van der Waals surface area (Å²) in [6.45, 7) is 11.0. The summed E-state index contributed by atoms with van der Waals surface area (Å²) < 4.78 is 0. The van der Waals surface area contributed by atoms with E-state index in [0.29, 0.717) is 11.7 Å². The zero-order valence-electron chi connectivity index (χ0n) is 16.4. The summed E-state index contributed by atoms with van der Waals surface area (Å²) in [5.41, 5.74) is 4.07. The van der Waals surface area contributed by atoms with Crippen LogP contribution in [0.15, 0.2) is 48.5 Å². The predicted octanol–water partition coefficient (Wildman–Crippen LogP) is 5.39. The van der Waals surface area contributed by atoms with Crippen LogP contribution in [0.3, 0.4) is 0 Å². The highest BCUT2D eigenvalue weighted by Crippen LogP contribution is 2.39. The summed E-state index contributed by atoms with van der Waals surface area (Å²) in [6.07, 6.45) is 2.12. The number of phenols is 1. The Balaban J connectivity index is 2.16. The Morgan fingerprint density at radius 2 is 1.76 bits per heavy atom. The average molecular weight is 340 g/mol. The molecule has 2 nitrogen and oxygen atoms in total. The number of phenolic OH excluding ortho intramolecular Hbond substituents is 1. The molecule has 0 aromatic heterocycles. The van der Waals surface area contributed by atoms with Gasteiger partial charge < -0.3 is 10.0 Å². The molecule has 0 aliphatic carbocycles. The fraction of sp³-hybridized carbons (Fsp3) is 0.478. The Kier molecular flexibility index (Phi) is 6.66. The molecule has 0 amide bonds. The second kappa shape index (κ2) is 8.53. The van der Waals surface area contributed by atoms with Crippen LogP contribution in [0.25, 0.3) is 0 Å². The summed E-state index contributed by atoms with van der Waals surface area (Å²) in [4.78, 5) is 2.37. The van der Waals surface area contributed by atoms with Crippen molar-refractivity contribution in [3.8, 4) is 5.75 Å². The first-order valence-corrected chi connectivity index (χ1v) is 9.41. The van der Waals surface area contributed by atoms with Gasteiger partial charge in [-0.1, -0.05) is 64.1 Å². The zero-order valence-corrected chi connectivity index (χ0v) is 16.4. The lowest BCUT2D eigenvalue weighted by Gasteiger charge is -2.36. The van der Waals surface area contributed by atoms with E-state index in [9.17, 15) is 5.11 Å². The largest absolute Gasteiger partial charge is 0.508 e. The second-order valence-corrected chi connectivity index (χ2v) is 7.74. The summed E-state index contributed by atoms with van der Waals surface area (Å²) in [7, 11) is 2.18. The molecule has 2 aromatic carbocycles. The van der Waals surface area contributed by atoms with Crippen LogP contribution in [-0.4, -0.2) is 23.6 Å². The molecule has 0 bridgehead atoms. The molecule has 0 aliphatic heterocycles. The van der Waals surface area contributed by atoms with Gasteiger partial charge in [0, 0.05) is 13.1 Å². The minimum Gasteiger partial charge on any atom is -0.508 e. The SMILES string of the molecule is CCC(C)(c1cc(O)ccc1CN(C)CCc1ccccc1)C(C)C. The highest BCUT2D eigenvalue weighted by molar-refractivity contribution is 5.40. The minimum absolute atomic E-state index is 0.0777. The van der Waals surface area contributed by atoms with Crippen LogP contribution in [0.5, 0.6) is 5.75 Å². The summed E-state index contributed by atoms with van der Waals surface area (Å²) in [6, 6.07) is 16.5. The van der Waals surface area contributed by atoms with Gasteiger partial charge >= 0.3 is 0 Å². The second-order valence-electron chi connectivity index (χ2n) is 7.74. The fourth-order valence-electron chi connectivity index (χ4n) is 3.48. The van der Waals surface area contributed by atoms with E-state index in [1.807, 2.05) is 12.1 Å². The van der Waals surface area contributed by atoms with Crippen LogP contribution in [0, 0.1) is 5.92 Å². The molecular formula is C23H33NO. The number of likely N-dealkylation sites (N-methyl/N-ethyl adjacent to an activating group) is 1. The Labute approximate surface area is 153 Å². The molecule has 136 valence electrons. The molecule has 0 radical (unpaired) electrons. The van der Waals surface area contributed by atoms with Gasteiger partial charge in [-0.05, 0) is 60.0 Å². The van der Waals surface area contributed by atoms with Gasteiger partial charge in [-0.25, -0.2) is 0 Å². The fourth-order valence-corrected chi connectivity index (χ4v) is 3.48. The molecule has 2 aromatic rings. The maximum atomic E-state index is 10.1. The van der Waals surface area contributed by atoms with E-state index in [4.69, 9.17) is 0 Å². The number of hydrogen-bond donors (Lipinski definition) is 1. The summed E-state index contributed by atoms with van der Waals surface area (Å²) >= 11 is 0. The number of aromatic hydroxyl groups is 1. The van der Waals surface area contributed by atoms with Gasteiger partial charge in [0.25, 0.3) is 0 Å². The van der Waals surface area contributed by atoms with E-state index < -0.39 is 0 Å². The Morgan fingerprint density at radius 3 is 2.36 bits per heavy atom. The molecular weight excluding hydrogens is 306 g/mol. The molecule has 1 unspecified atom stereocenters. The smallest absolute Gasteiger partial charge is 0.115 e. The van der Waals surface area contributed by atoms with Crippen molar-refractivity contribution in [1.82, 2.24) is 4.90 Å².